The minimum atomic E-state index is 0.416. The molecule has 0 saturated heterocycles. The summed E-state index contributed by atoms with van der Waals surface area (Å²) < 4.78 is 0. The summed E-state index contributed by atoms with van der Waals surface area (Å²) in [7, 11) is 0. The summed E-state index contributed by atoms with van der Waals surface area (Å²) in [6.07, 6.45) is 5.00. The molecule has 0 amide bonds. The summed E-state index contributed by atoms with van der Waals surface area (Å²) in [6, 6.07) is 3.59. The maximum atomic E-state index is 6.09. The van der Waals surface area contributed by atoms with Crippen LogP contribution in [0.15, 0.2) is 30.7 Å². The topological polar surface area (TPSA) is 38.7 Å². The number of fused-ring (bicyclic) bond motifs is 3. The van der Waals surface area contributed by atoms with Gasteiger partial charge in [0.2, 0.25) is 0 Å². The smallest absolute Gasteiger partial charge is 0.139 e. The van der Waals surface area contributed by atoms with Gasteiger partial charge in [-0.25, -0.2) is 9.97 Å². The van der Waals surface area contributed by atoms with E-state index in [1.165, 1.54) is 0 Å². The van der Waals surface area contributed by atoms with E-state index in [1.54, 1.807) is 24.7 Å². The van der Waals surface area contributed by atoms with E-state index >= 15 is 0 Å². The molecule has 0 fully saturated rings. The van der Waals surface area contributed by atoms with Gasteiger partial charge in [-0.3, -0.25) is 4.98 Å². The average Bonchev–Trinajstić information content (AvgIpc) is 2.29. The molecule has 3 heterocycles. The van der Waals surface area contributed by atoms with E-state index in [1.807, 2.05) is 6.07 Å². The van der Waals surface area contributed by atoms with Crippen molar-refractivity contribution in [3.63, 3.8) is 0 Å². The first-order chi connectivity index (χ1) is 7.77. The van der Waals surface area contributed by atoms with Crippen molar-refractivity contribution >= 4 is 44.9 Å². The van der Waals surface area contributed by atoms with Crippen LogP contribution in [-0.4, -0.2) is 15.0 Å². The van der Waals surface area contributed by atoms with Crippen molar-refractivity contribution in [2.24, 2.45) is 0 Å². The van der Waals surface area contributed by atoms with E-state index in [4.69, 9.17) is 23.2 Å². The summed E-state index contributed by atoms with van der Waals surface area (Å²) in [5.41, 5.74) is 0.727. The molecule has 16 heavy (non-hydrogen) atoms. The van der Waals surface area contributed by atoms with Gasteiger partial charge in [-0.2, -0.15) is 0 Å². The Kier molecular flexibility index (Phi) is 2.16. The van der Waals surface area contributed by atoms with Crippen LogP contribution in [-0.2, 0) is 0 Å². The Bertz CT molecular complexity index is 697. The fourth-order valence-electron chi connectivity index (χ4n) is 1.71. The average molecular weight is 250 g/mol. The molecule has 3 aromatic rings. The Hall–Kier alpha value is -1.45. The number of hydrogen-bond acceptors (Lipinski definition) is 3. The van der Waals surface area contributed by atoms with Gasteiger partial charge in [-0.1, -0.05) is 23.2 Å². The largest absolute Gasteiger partial charge is 0.264 e. The molecule has 78 valence electrons. The standard InChI is InChI=1S/C11H5Cl2N3/c12-10-6-1-3-14-5-7(6)9-8(16-10)2-4-15-11(9)13/h1-5H. The zero-order valence-electron chi connectivity index (χ0n) is 7.98. The van der Waals surface area contributed by atoms with Crippen LogP contribution in [0.4, 0.5) is 0 Å². The van der Waals surface area contributed by atoms with Gasteiger partial charge < -0.3 is 0 Å². The molecule has 0 aromatic carbocycles. The van der Waals surface area contributed by atoms with E-state index in [2.05, 4.69) is 15.0 Å². The van der Waals surface area contributed by atoms with Crippen molar-refractivity contribution in [2.75, 3.05) is 0 Å². The lowest BCUT2D eigenvalue weighted by atomic mass is 10.1. The third-order valence-electron chi connectivity index (χ3n) is 2.41. The molecule has 0 N–H and O–H groups in total. The summed E-state index contributed by atoms with van der Waals surface area (Å²) in [6.45, 7) is 0. The molecule has 0 aliphatic carbocycles. The maximum absolute atomic E-state index is 6.09. The van der Waals surface area contributed by atoms with Crippen LogP contribution >= 0.6 is 23.2 Å². The Morgan fingerprint density at radius 3 is 2.69 bits per heavy atom. The molecule has 0 aliphatic heterocycles. The third kappa shape index (κ3) is 1.32. The first-order valence-electron chi connectivity index (χ1n) is 4.61. The number of pyridine rings is 3. The van der Waals surface area contributed by atoms with E-state index in [9.17, 15) is 0 Å². The van der Waals surface area contributed by atoms with E-state index < -0.39 is 0 Å². The molecular formula is C11H5Cl2N3. The highest BCUT2D eigenvalue weighted by Crippen LogP contribution is 2.31. The second-order valence-electron chi connectivity index (χ2n) is 3.32. The van der Waals surface area contributed by atoms with Crippen LogP contribution in [0.25, 0.3) is 21.7 Å². The van der Waals surface area contributed by atoms with E-state index in [-0.39, 0.29) is 0 Å². The number of aromatic nitrogens is 3. The molecule has 0 saturated carbocycles. The first-order valence-corrected chi connectivity index (χ1v) is 5.36. The molecule has 3 aromatic heterocycles. The van der Waals surface area contributed by atoms with Gasteiger partial charge in [0.05, 0.1) is 5.52 Å². The predicted octanol–water partition coefficient (Wildman–Crippen LogP) is 3.48. The Balaban J connectivity index is 2.67. The quantitative estimate of drug-likeness (QED) is 0.452. The second kappa shape index (κ2) is 3.54. The van der Waals surface area contributed by atoms with Gasteiger partial charge in [-0.15, -0.1) is 0 Å². The Labute approximate surface area is 101 Å². The van der Waals surface area contributed by atoms with Crippen molar-refractivity contribution in [3.05, 3.63) is 41.0 Å². The van der Waals surface area contributed by atoms with Crippen LogP contribution < -0.4 is 0 Å². The van der Waals surface area contributed by atoms with Crippen molar-refractivity contribution < 1.29 is 0 Å². The van der Waals surface area contributed by atoms with Gasteiger partial charge in [0.15, 0.2) is 0 Å². The number of hydrogen-bond donors (Lipinski definition) is 0. The summed E-state index contributed by atoms with van der Waals surface area (Å²) in [4.78, 5) is 12.4. The lowest BCUT2D eigenvalue weighted by Crippen LogP contribution is -1.88. The maximum Gasteiger partial charge on any atom is 0.139 e. The van der Waals surface area contributed by atoms with Crippen molar-refractivity contribution in [2.45, 2.75) is 0 Å². The Morgan fingerprint density at radius 1 is 0.938 bits per heavy atom. The van der Waals surface area contributed by atoms with Crippen LogP contribution in [0.5, 0.6) is 0 Å². The van der Waals surface area contributed by atoms with Gasteiger partial charge >= 0.3 is 0 Å². The fraction of sp³-hybridized carbons (Fsp3) is 0. The van der Waals surface area contributed by atoms with Crippen molar-refractivity contribution in [1.82, 2.24) is 15.0 Å². The van der Waals surface area contributed by atoms with E-state index in [0.717, 1.165) is 21.7 Å². The fourth-order valence-corrected chi connectivity index (χ4v) is 2.22. The van der Waals surface area contributed by atoms with Crippen molar-refractivity contribution in [3.8, 4) is 0 Å². The van der Waals surface area contributed by atoms with Gasteiger partial charge in [0, 0.05) is 34.7 Å². The highest BCUT2D eigenvalue weighted by atomic mass is 35.5. The van der Waals surface area contributed by atoms with E-state index in [0.29, 0.717) is 10.3 Å². The molecule has 0 radical (unpaired) electrons. The highest BCUT2D eigenvalue weighted by Gasteiger charge is 2.09. The van der Waals surface area contributed by atoms with Gasteiger partial charge in [-0.05, 0) is 12.1 Å². The molecule has 0 spiro atoms. The molecule has 3 rings (SSSR count). The SMILES string of the molecule is Clc1nc2ccnc(Cl)c2c2cnccc12. The predicted molar refractivity (Wildman–Crippen MR) is 64.9 cm³/mol. The highest BCUT2D eigenvalue weighted by molar-refractivity contribution is 6.39. The normalized spacial score (nSPS) is 11.1. The molecule has 3 nitrogen and oxygen atoms in total. The summed E-state index contributed by atoms with van der Waals surface area (Å²) in [5.74, 6) is 0. The van der Waals surface area contributed by atoms with Crippen molar-refractivity contribution in [1.29, 1.82) is 0 Å². The summed E-state index contributed by atoms with van der Waals surface area (Å²) in [5, 5.41) is 3.36. The van der Waals surface area contributed by atoms with Crippen LogP contribution in [0.1, 0.15) is 0 Å². The summed E-state index contributed by atoms with van der Waals surface area (Å²) >= 11 is 12.2. The molecule has 0 aliphatic rings. The molecule has 5 heteroatoms. The third-order valence-corrected chi connectivity index (χ3v) is 2.99. The lowest BCUT2D eigenvalue weighted by Gasteiger charge is -2.05. The molecule has 0 atom stereocenters. The minimum Gasteiger partial charge on any atom is -0.264 e. The van der Waals surface area contributed by atoms with Gasteiger partial charge in [0.25, 0.3) is 0 Å². The number of rotatable bonds is 0. The number of halogens is 2. The zero-order chi connectivity index (χ0) is 11.1. The minimum absolute atomic E-state index is 0.416. The monoisotopic (exact) mass is 249 g/mol. The van der Waals surface area contributed by atoms with Crippen LogP contribution in [0, 0.1) is 0 Å². The number of nitrogens with zero attached hydrogens (tertiary/aromatic N) is 3. The van der Waals surface area contributed by atoms with Crippen LogP contribution in [0.3, 0.4) is 0 Å². The zero-order valence-corrected chi connectivity index (χ0v) is 9.50. The molecule has 0 unspecified atom stereocenters. The molecule has 0 bridgehead atoms. The lowest BCUT2D eigenvalue weighted by molar-refractivity contribution is 1.32. The molecular weight excluding hydrogens is 245 g/mol. The van der Waals surface area contributed by atoms with Crippen LogP contribution in [0.2, 0.25) is 10.3 Å². The van der Waals surface area contributed by atoms with Gasteiger partial charge in [0.1, 0.15) is 10.3 Å². The Morgan fingerprint density at radius 2 is 1.81 bits per heavy atom. The second-order valence-corrected chi connectivity index (χ2v) is 4.04. The first kappa shape index (κ1) is 9.75.